The van der Waals surface area contributed by atoms with Crippen LogP contribution in [0.15, 0.2) is 12.2 Å². The van der Waals surface area contributed by atoms with Crippen molar-refractivity contribution >= 4 is 0 Å². The van der Waals surface area contributed by atoms with Gasteiger partial charge in [-0.3, -0.25) is 0 Å². The molecule has 0 aliphatic heterocycles. The van der Waals surface area contributed by atoms with Crippen LogP contribution in [0.25, 0.3) is 0 Å². The normalized spacial score (nSPS) is 57.9. The highest BCUT2D eigenvalue weighted by Crippen LogP contribution is 2.66. The third kappa shape index (κ3) is 1.60. The van der Waals surface area contributed by atoms with Crippen molar-refractivity contribution in [2.45, 2.75) is 72.1 Å². The Kier molecular flexibility index (Phi) is 2.93. The molecule has 0 aromatic rings. The summed E-state index contributed by atoms with van der Waals surface area (Å²) in [5.74, 6) is 5.13. The van der Waals surface area contributed by atoms with Crippen LogP contribution < -0.4 is 0 Å². The maximum Gasteiger partial charge on any atom is -0.0229 e. The smallest absolute Gasteiger partial charge is 0.0229 e. The maximum absolute atomic E-state index is 2.65. The van der Waals surface area contributed by atoms with Gasteiger partial charge in [0.25, 0.3) is 0 Å². The third-order valence-corrected chi connectivity index (χ3v) is 8.68. The van der Waals surface area contributed by atoms with Crippen molar-refractivity contribution in [1.29, 1.82) is 0 Å². The standard InChI is InChI=1S/C20H32/c1-14-7-10-17-16-9-8-15-6-4-5-12-20(15,3)18(16)11-13-19(14,17)2/h4-5,14-18H,6-13H2,1-3H3/t14?,15-,16?,17?,18?,19-,20+/m1/s1. The molecule has 7 atom stereocenters. The van der Waals surface area contributed by atoms with Crippen molar-refractivity contribution < 1.29 is 0 Å². The van der Waals surface area contributed by atoms with E-state index in [1.807, 2.05) is 0 Å². The zero-order chi connectivity index (χ0) is 14.0. The minimum Gasteiger partial charge on any atom is -0.0882 e. The fraction of sp³-hybridized carbons (Fsp3) is 0.900. The summed E-state index contributed by atoms with van der Waals surface area (Å²) >= 11 is 0. The largest absolute Gasteiger partial charge is 0.0882 e. The van der Waals surface area contributed by atoms with E-state index in [-0.39, 0.29) is 0 Å². The van der Waals surface area contributed by atoms with E-state index in [1.54, 1.807) is 6.42 Å². The molecule has 112 valence electrons. The first-order chi connectivity index (χ1) is 9.56. The summed E-state index contributed by atoms with van der Waals surface area (Å²) in [6.45, 7) is 7.83. The molecule has 0 heteroatoms. The summed E-state index contributed by atoms with van der Waals surface area (Å²) in [7, 11) is 0. The predicted octanol–water partition coefficient (Wildman–Crippen LogP) is 5.83. The van der Waals surface area contributed by atoms with Crippen LogP contribution in [0.2, 0.25) is 0 Å². The van der Waals surface area contributed by atoms with E-state index in [0.29, 0.717) is 10.8 Å². The van der Waals surface area contributed by atoms with Crippen molar-refractivity contribution in [1.82, 2.24) is 0 Å². The van der Waals surface area contributed by atoms with E-state index in [1.165, 1.54) is 44.9 Å². The Bertz CT molecular complexity index is 422. The lowest BCUT2D eigenvalue weighted by atomic mass is 9.45. The Hall–Kier alpha value is -0.260. The lowest BCUT2D eigenvalue weighted by Crippen LogP contribution is -2.52. The van der Waals surface area contributed by atoms with Gasteiger partial charge in [-0.1, -0.05) is 32.9 Å². The van der Waals surface area contributed by atoms with Gasteiger partial charge >= 0.3 is 0 Å². The first-order valence-electron chi connectivity index (χ1n) is 9.21. The third-order valence-electron chi connectivity index (χ3n) is 8.68. The second kappa shape index (κ2) is 4.37. The first-order valence-corrected chi connectivity index (χ1v) is 9.21. The van der Waals surface area contributed by atoms with E-state index < -0.39 is 0 Å². The zero-order valence-corrected chi connectivity index (χ0v) is 13.7. The van der Waals surface area contributed by atoms with Crippen LogP contribution in [0.1, 0.15) is 72.1 Å². The Morgan fingerprint density at radius 2 is 1.65 bits per heavy atom. The molecule has 4 aliphatic rings. The highest BCUT2D eigenvalue weighted by atomic mass is 14.6. The van der Waals surface area contributed by atoms with E-state index in [9.17, 15) is 0 Å². The molecule has 0 N–H and O–H groups in total. The molecule has 0 amide bonds. The highest BCUT2D eigenvalue weighted by molar-refractivity contribution is 5.11. The molecule has 4 unspecified atom stereocenters. The van der Waals surface area contributed by atoms with Crippen molar-refractivity contribution in [3.8, 4) is 0 Å². The maximum atomic E-state index is 2.65. The van der Waals surface area contributed by atoms with Crippen LogP contribution in [-0.2, 0) is 0 Å². The van der Waals surface area contributed by atoms with Crippen LogP contribution in [0, 0.1) is 40.4 Å². The van der Waals surface area contributed by atoms with Gasteiger partial charge in [0.2, 0.25) is 0 Å². The van der Waals surface area contributed by atoms with Gasteiger partial charge in [0, 0.05) is 0 Å². The summed E-state index contributed by atoms with van der Waals surface area (Å²) in [4.78, 5) is 0. The molecule has 4 aliphatic carbocycles. The highest BCUT2D eigenvalue weighted by Gasteiger charge is 2.58. The summed E-state index contributed by atoms with van der Waals surface area (Å²) in [5.41, 5.74) is 1.33. The topological polar surface area (TPSA) is 0 Å². The van der Waals surface area contributed by atoms with E-state index in [0.717, 1.165) is 29.6 Å². The number of allylic oxidation sites excluding steroid dienone is 2. The molecule has 20 heavy (non-hydrogen) atoms. The number of fused-ring (bicyclic) bond motifs is 5. The molecule has 0 heterocycles. The van der Waals surface area contributed by atoms with Gasteiger partial charge in [-0.25, -0.2) is 0 Å². The molecule has 3 fully saturated rings. The molecular weight excluding hydrogens is 240 g/mol. The molecule has 0 radical (unpaired) electrons. The summed E-state index contributed by atoms with van der Waals surface area (Å²) in [6.07, 6.45) is 16.9. The minimum absolute atomic E-state index is 0.644. The Labute approximate surface area is 125 Å². The number of rotatable bonds is 0. The summed E-state index contributed by atoms with van der Waals surface area (Å²) < 4.78 is 0. The fourth-order valence-electron chi connectivity index (χ4n) is 7.10. The molecule has 0 aromatic carbocycles. The molecule has 0 aromatic heterocycles. The zero-order valence-electron chi connectivity index (χ0n) is 13.7. The molecule has 0 bridgehead atoms. The molecule has 0 saturated heterocycles. The van der Waals surface area contributed by atoms with E-state index >= 15 is 0 Å². The van der Waals surface area contributed by atoms with Gasteiger partial charge in [0.1, 0.15) is 0 Å². The molecule has 0 spiro atoms. The van der Waals surface area contributed by atoms with Gasteiger partial charge in [0.15, 0.2) is 0 Å². The van der Waals surface area contributed by atoms with E-state index in [2.05, 4.69) is 32.9 Å². The molecule has 0 nitrogen and oxygen atoms in total. The predicted molar refractivity (Wildman–Crippen MR) is 85.4 cm³/mol. The Morgan fingerprint density at radius 1 is 0.850 bits per heavy atom. The second-order valence-electron chi connectivity index (χ2n) is 9.09. The van der Waals surface area contributed by atoms with E-state index in [4.69, 9.17) is 0 Å². The van der Waals surface area contributed by atoms with Crippen molar-refractivity contribution in [3.05, 3.63) is 12.2 Å². The Balaban J connectivity index is 1.66. The van der Waals surface area contributed by atoms with Crippen molar-refractivity contribution in [2.24, 2.45) is 40.4 Å². The van der Waals surface area contributed by atoms with Crippen LogP contribution >= 0.6 is 0 Å². The van der Waals surface area contributed by atoms with Gasteiger partial charge in [-0.2, -0.15) is 0 Å². The monoisotopic (exact) mass is 272 g/mol. The quantitative estimate of drug-likeness (QED) is 0.487. The van der Waals surface area contributed by atoms with Gasteiger partial charge in [-0.15, -0.1) is 0 Å². The lowest BCUT2D eigenvalue weighted by molar-refractivity contribution is -0.0947. The summed E-state index contributed by atoms with van der Waals surface area (Å²) in [5, 5.41) is 0. The molecular formula is C20H32. The minimum atomic E-state index is 0.644. The molecule has 3 saturated carbocycles. The van der Waals surface area contributed by atoms with Crippen LogP contribution in [0.5, 0.6) is 0 Å². The average Bonchev–Trinajstić information content (AvgIpc) is 2.74. The van der Waals surface area contributed by atoms with Crippen molar-refractivity contribution in [2.75, 3.05) is 0 Å². The fourth-order valence-corrected chi connectivity index (χ4v) is 7.10. The van der Waals surface area contributed by atoms with Crippen LogP contribution in [0.3, 0.4) is 0 Å². The SMILES string of the molecule is CC1CCC2C3CC[C@H]4CC=CC[C@]4(C)C3CC[C@]12C. The lowest BCUT2D eigenvalue weighted by Gasteiger charge is -2.59. The van der Waals surface area contributed by atoms with Gasteiger partial charge < -0.3 is 0 Å². The van der Waals surface area contributed by atoms with Gasteiger partial charge in [0.05, 0.1) is 0 Å². The first kappa shape index (κ1) is 13.4. The number of hydrogen-bond acceptors (Lipinski definition) is 0. The average molecular weight is 272 g/mol. The Morgan fingerprint density at radius 3 is 2.50 bits per heavy atom. The van der Waals surface area contributed by atoms with Gasteiger partial charge in [-0.05, 0) is 91.8 Å². The van der Waals surface area contributed by atoms with Crippen LogP contribution in [-0.4, -0.2) is 0 Å². The summed E-state index contributed by atoms with van der Waals surface area (Å²) in [6, 6.07) is 0. The molecule has 4 rings (SSSR count). The van der Waals surface area contributed by atoms with Crippen molar-refractivity contribution in [3.63, 3.8) is 0 Å². The number of hydrogen-bond donors (Lipinski definition) is 0. The second-order valence-corrected chi connectivity index (χ2v) is 9.09. The van der Waals surface area contributed by atoms with Crippen LogP contribution in [0.4, 0.5) is 0 Å².